The number of para-hydroxylation sites is 1. The standard InChI is InChI=1S/C17H17NO4S2/c1-14-7-9-17(10-8-14)24(21,22)18(15-5-3-2-4-6-15)16-11-12-23(19,20)13-16/h2-12,16H,13H2,1H3/t16-/m1/s1. The van der Waals surface area contributed by atoms with Gasteiger partial charge in [0.15, 0.2) is 9.84 Å². The van der Waals surface area contributed by atoms with Crippen LogP contribution in [0, 0.1) is 6.92 Å². The molecule has 1 aliphatic rings. The molecule has 0 bridgehead atoms. The van der Waals surface area contributed by atoms with E-state index in [1.165, 1.54) is 22.5 Å². The molecule has 0 radical (unpaired) electrons. The molecular formula is C17H17NO4S2. The third-order valence-corrected chi connectivity index (χ3v) is 7.05. The fourth-order valence-electron chi connectivity index (χ4n) is 2.61. The van der Waals surface area contributed by atoms with Crippen molar-refractivity contribution in [2.24, 2.45) is 0 Å². The molecule has 0 N–H and O–H groups in total. The summed E-state index contributed by atoms with van der Waals surface area (Å²) < 4.78 is 51.0. The summed E-state index contributed by atoms with van der Waals surface area (Å²) in [6.07, 6.45) is 1.42. The highest BCUT2D eigenvalue weighted by molar-refractivity contribution is 7.95. The lowest BCUT2D eigenvalue weighted by molar-refractivity contribution is 0.586. The molecule has 5 nitrogen and oxygen atoms in total. The van der Waals surface area contributed by atoms with Gasteiger partial charge in [-0.15, -0.1) is 0 Å². The van der Waals surface area contributed by atoms with Gasteiger partial charge in [-0.05, 0) is 37.3 Å². The van der Waals surface area contributed by atoms with Crippen molar-refractivity contribution in [1.82, 2.24) is 0 Å². The first-order valence-electron chi connectivity index (χ1n) is 7.37. The Morgan fingerprint density at radius 3 is 2.17 bits per heavy atom. The van der Waals surface area contributed by atoms with Crippen LogP contribution in [0.1, 0.15) is 5.56 Å². The maximum atomic E-state index is 13.1. The summed E-state index contributed by atoms with van der Waals surface area (Å²) in [7, 11) is -7.27. The van der Waals surface area contributed by atoms with Gasteiger partial charge in [0.1, 0.15) is 0 Å². The molecule has 3 rings (SSSR count). The second-order valence-electron chi connectivity index (χ2n) is 5.67. The van der Waals surface area contributed by atoms with Crippen molar-refractivity contribution in [3.63, 3.8) is 0 Å². The number of anilines is 1. The van der Waals surface area contributed by atoms with Crippen LogP contribution in [0.25, 0.3) is 0 Å². The Hall–Kier alpha value is -2.12. The lowest BCUT2D eigenvalue weighted by Gasteiger charge is -2.29. The first-order valence-corrected chi connectivity index (χ1v) is 10.5. The van der Waals surface area contributed by atoms with Crippen molar-refractivity contribution in [3.8, 4) is 0 Å². The van der Waals surface area contributed by atoms with E-state index >= 15 is 0 Å². The van der Waals surface area contributed by atoms with E-state index in [0.717, 1.165) is 11.0 Å². The Bertz CT molecular complexity index is 963. The van der Waals surface area contributed by atoms with Gasteiger partial charge in [-0.25, -0.2) is 16.8 Å². The molecule has 0 amide bonds. The van der Waals surface area contributed by atoms with Crippen molar-refractivity contribution in [2.75, 3.05) is 10.1 Å². The molecule has 0 saturated carbocycles. The quantitative estimate of drug-likeness (QED) is 0.837. The van der Waals surface area contributed by atoms with E-state index in [4.69, 9.17) is 0 Å². The minimum Gasteiger partial charge on any atom is -0.258 e. The van der Waals surface area contributed by atoms with Crippen LogP contribution in [0.2, 0.25) is 0 Å². The Kier molecular flexibility index (Phi) is 4.23. The number of benzene rings is 2. The summed E-state index contributed by atoms with van der Waals surface area (Å²) >= 11 is 0. The lowest BCUT2D eigenvalue weighted by Crippen LogP contribution is -2.41. The predicted molar refractivity (Wildman–Crippen MR) is 94.0 cm³/mol. The molecule has 0 fully saturated rings. The summed E-state index contributed by atoms with van der Waals surface area (Å²) in [6, 6.07) is 14.3. The van der Waals surface area contributed by atoms with Gasteiger partial charge in [0.25, 0.3) is 10.0 Å². The van der Waals surface area contributed by atoms with Crippen molar-refractivity contribution >= 4 is 25.5 Å². The Labute approximate surface area is 142 Å². The largest absolute Gasteiger partial charge is 0.264 e. The van der Waals surface area contributed by atoms with E-state index in [-0.39, 0.29) is 10.6 Å². The molecule has 24 heavy (non-hydrogen) atoms. The molecule has 2 aromatic rings. The van der Waals surface area contributed by atoms with Crippen LogP contribution >= 0.6 is 0 Å². The Balaban J connectivity index is 2.11. The number of nitrogens with zero attached hydrogens (tertiary/aromatic N) is 1. The summed E-state index contributed by atoms with van der Waals surface area (Å²) in [4.78, 5) is 0.134. The number of rotatable bonds is 4. The number of hydrogen-bond acceptors (Lipinski definition) is 4. The second kappa shape index (κ2) is 6.07. The van der Waals surface area contributed by atoms with Crippen LogP contribution < -0.4 is 4.31 Å². The van der Waals surface area contributed by atoms with Gasteiger partial charge in [-0.2, -0.15) is 0 Å². The molecule has 7 heteroatoms. The van der Waals surface area contributed by atoms with E-state index in [2.05, 4.69) is 0 Å². The van der Waals surface area contributed by atoms with Crippen molar-refractivity contribution in [1.29, 1.82) is 0 Å². The zero-order valence-corrected chi connectivity index (χ0v) is 14.7. The third kappa shape index (κ3) is 3.22. The summed E-state index contributed by atoms with van der Waals surface area (Å²) in [5.74, 6) is -0.257. The zero-order chi connectivity index (χ0) is 17.4. The summed E-state index contributed by atoms with van der Waals surface area (Å²) in [6.45, 7) is 1.87. The molecule has 0 aromatic heterocycles. The fraction of sp³-hybridized carbons (Fsp3) is 0.176. The average Bonchev–Trinajstić information content (AvgIpc) is 2.88. The van der Waals surface area contributed by atoms with Gasteiger partial charge >= 0.3 is 0 Å². The van der Waals surface area contributed by atoms with Crippen LogP contribution in [-0.4, -0.2) is 28.6 Å². The molecule has 0 unspecified atom stereocenters. The SMILES string of the molecule is Cc1ccc(S(=O)(=O)N(c2ccccc2)[C@@H]2C=CS(=O)(=O)C2)cc1. The van der Waals surface area contributed by atoms with Crippen LogP contribution in [0.15, 0.2) is 71.0 Å². The molecule has 2 aromatic carbocycles. The van der Waals surface area contributed by atoms with E-state index in [1.807, 2.05) is 6.92 Å². The topological polar surface area (TPSA) is 71.5 Å². The summed E-state index contributed by atoms with van der Waals surface area (Å²) in [5, 5.41) is 1.08. The molecular weight excluding hydrogens is 346 g/mol. The molecule has 126 valence electrons. The van der Waals surface area contributed by atoms with Gasteiger partial charge < -0.3 is 0 Å². The Morgan fingerprint density at radius 2 is 1.62 bits per heavy atom. The van der Waals surface area contributed by atoms with Crippen molar-refractivity contribution in [2.45, 2.75) is 17.9 Å². The minimum atomic E-state index is -3.89. The molecule has 1 aliphatic heterocycles. The number of hydrogen-bond donors (Lipinski definition) is 0. The lowest BCUT2D eigenvalue weighted by atomic mass is 10.2. The van der Waals surface area contributed by atoms with Gasteiger partial charge in [-0.3, -0.25) is 4.31 Å². The van der Waals surface area contributed by atoms with E-state index in [9.17, 15) is 16.8 Å². The highest BCUT2D eigenvalue weighted by Gasteiger charge is 2.35. The maximum absolute atomic E-state index is 13.1. The normalized spacial score (nSPS) is 19.3. The summed E-state index contributed by atoms with van der Waals surface area (Å²) in [5.41, 5.74) is 1.38. The Morgan fingerprint density at radius 1 is 1.00 bits per heavy atom. The van der Waals surface area contributed by atoms with Gasteiger partial charge in [0.05, 0.1) is 22.4 Å². The first kappa shape index (κ1) is 16.7. The smallest absolute Gasteiger partial charge is 0.258 e. The van der Waals surface area contributed by atoms with Crippen molar-refractivity contribution in [3.05, 3.63) is 71.6 Å². The van der Waals surface area contributed by atoms with E-state index < -0.39 is 25.9 Å². The molecule has 1 heterocycles. The highest BCUT2D eigenvalue weighted by atomic mass is 32.2. The van der Waals surface area contributed by atoms with Crippen molar-refractivity contribution < 1.29 is 16.8 Å². The minimum absolute atomic E-state index is 0.134. The molecule has 0 aliphatic carbocycles. The van der Waals surface area contributed by atoms with Crippen LogP contribution in [0.3, 0.4) is 0 Å². The second-order valence-corrected chi connectivity index (χ2v) is 9.42. The fourth-order valence-corrected chi connectivity index (χ4v) is 5.58. The van der Waals surface area contributed by atoms with Crippen LogP contribution in [0.4, 0.5) is 5.69 Å². The average molecular weight is 363 g/mol. The number of aryl methyl sites for hydroxylation is 1. The van der Waals surface area contributed by atoms with E-state index in [0.29, 0.717) is 5.69 Å². The zero-order valence-electron chi connectivity index (χ0n) is 13.0. The predicted octanol–water partition coefficient (Wildman–Crippen LogP) is 2.50. The third-order valence-electron chi connectivity index (χ3n) is 3.80. The van der Waals surface area contributed by atoms with Gasteiger partial charge in [0, 0.05) is 5.41 Å². The molecule has 0 saturated heterocycles. The number of sulfonamides is 1. The maximum Gasteiger partial charge on any atom is 0.264 e. The number of sulfone groups is 1. The van der Waals surface area contributed by atoms with E-state index in [1.54, 1.807) is 42.5 Å². The first-order chi connectivity index (χ1) is 11.3. The van der Waals surface area contributed by atoms with Crippen LogP contribution in [0.5, 0.6) is 0 Å². The highest BCUT2D eigenvalue weighted by Crippen LogP contribution is 2.29. The molecule has 1 atom stereocenters. The monoisotopic (exact) mass is 363 g/mol. The van der Waals surface area contributed by atoms with Gasteiger partial charge in [0.2, 0.25) is 0 Å². The van der Waals surface area contributed by atoms with Gasteiger partial charge in [-0.1, -0.05) is 35.9 Å². The van der Waals surface area contributed by atoms with Crippen LogP contribution in [-0.2, 0) is 19.9 Å². The molecule has 0 spiro atoms.